The van der Waals surface area contributed by atoms with Gasteiger partial charge in [0.25, 0.3) is 0 Å². The second kappa shape index (κ2) is 4.99. The Bertz CT molecular complexity index is 537. The normalized spacial score (nSPS) is 10.7. The molecule has 1 aromatic heterocycles. The topological polar surface area (TPSA) is 39.8 Å². The molecule has 0 saturated heterocycles. The van der Waals surface area contributed by atoms with Crippen molar-refractivity contribution < 1.29 is 0 Å². The number of hydrogen-bond acceptors (Lipinski definition) is 2. The molecule has 1 heterocycles. The van der Waals surface area contributed by atoms with Crippen molar-refractivity contribution in [3.05, 3.63) is 52.2 Å². The summed E-state index contributed by atoms with van der Waals surface area (Å²) in [6.45, 7) is 5.36. The van der Waals surface area contributed by atoms with Crippen LogP contribution in [0, 0.1) is 6.92 Å². The van der Waals surface area contributed by atoms with Crippen LogP contribution in [0.1, 0.15) is 24.5 Å². The lowest BCUT2D eigenvalue weighted by Gasteiger charge is -2.01. The number of aryl methyl sites for hydroxylation is 2. The third-order valence-corrected chi connectivity index (χ3v) is 2.71. The maximum atomic E-state index is 11.9. The molecule has 1 aromatic carbocycles. The second-order valence-electron chi connectivity index (χ2n) is 4.25. The second-order valence-corrected chi connectivity index (χ2v) is 4.25. The summed E-state index contributed by atoms with van der Waals surface area (Å²) in [5.41, 5.74) is 2.28. The van der Waals surface area contributed by atoms with Crippen molar-refractivity contribution in [3.63, 3.8) is 0 Å². The summed E-state index contributed by atoms with van der Waals surface area (Å²) in [5.74, 6) is 0. The first kappa shape index (κ1) is 11.6. The van der Waals surface area contributed by atoms with E-state index < -0.39 is 0 Å². The zero-order chi connectivity index (χ0) is 12.3. The molecular formula is C13H17N3O. The van der Waals surface area contributed by atoms with E-state index in [9.17, 15) is 4.79 Å². The standard InChI is InChI=1S/C13H17N3O/c1-3-8-15-10-14-16(13(15)17)9-12-6-4-11(2)5-7-12/h4-7,10H,3,8-9H2,1-2H3. The average molecular weight is 231 g/mol. The summed E-state index contributed by atoms with van der Waals surface area (Å²) in [7, 11) is 0. The van der Waals surface area contributed by atoms with Crippen LogP contribution in [0.4, 0.5) is 0 Å². The molecule has 2 rings (SSSR count). The highest BCUT2D eigenvalue weighted by molar-refractivity contribution is 5.21. The SMILES string of the molecule is CCCn1cnn(Cc2ccc(C)cc2)c1=O. The molecule has 17 heavy (non-hydrogen) atoms. The first-order chi connectivity index (χ1) is 8.20. The van der Waals surface area contributed by atoms with Gasteiger partial charge in [-0.15, -0.1) is 0 Å². The Morgan fingerprint density at radius 2 is 1.94 bits per heavy atom. The van der Waals surface area contributed by atoms with E-state index in [-0.39, 0.29) is 5.69 Å². The van der Waals surface area contributed by atoms with Gasteiger partial charge in [-0.3, -0.25) is 4.57 Å². The summed E-state index contributed by atoms with van der Waals surface area (Å²) in [6, 6.07) is 8.15. The lowest BCUT2D eigenvalue weighted by molar-refractivity contribution is 0.609. The van der Waals surface area contributed by atoms with Crippen LogP contribution >= 0.6 is 0 Å². The van der Waals surface area contributed by atoms with Crippen LogP contribution in [-0.4, -0.2) is 14.3 Å². The average Bonchev–Trinajstić information content (AvgIpc) is 2.65. The molecule has 0 aliphatic carbocycles. The Hall–Kier alpha value is -1.84. The van der Waals surface area contributed by atoms with Crippen molar-refractivity contribution in [1.82, 2.24) is 14.3 Å². The molecule has 0 atom stereocenters. The minimum absolute atomic E-state index is 0.0348. The summed E-state index contributed by atoms with van der Waals surface area (Å²) in [4.78, 5) is 11.9. The van der Waals surface area contributed by atoms with Gasteiger partial charge in [-0.05, 0) is 18.9 Å². The van der Waals surface area contributed by atoms with E-state index in [2.05, 4.69) is 5.10 Å². The molecule has 0 bridgehead atoms. The van der Waals surface area contributed by atoms with E-state index in [0.717, 1.165) is 18.5 Å². The highest BCUT2D eigenvalue weighted by atomic mass is 16.2. The Morgan fingerprint density at radius 1 is 1.24 bits per heavy atom. The maximum Gasteiger partial charge on any atom is 0.346 e. The number of rotatable bonds is 4. The summed E-state index contributed by atoms with van der Waals surface area (Å²) < 4.78 is 3.15. The predicted molar refractivity (Wildman–Crippen MR) is 67.1 cm³/mol. The van der Waals surface area contributed by atoms with E-state index in [4.69, 9.17) is 0 Å². The molecule has 0 unspecified atom stereocenters. The molecule has 0 saturated carbocycles. The summed E-state index contributed by atoms with van der Waals surface area (Å²) in [6.07, 6.45) is 2.55. The molecule has 90 valence electrons. The Labute approximate surface area is 101 Å². The quantitative estimate of drug-likeness (QED) is 0.805. The molecule has 0 spiro atoms. The summed E-state index contributed by atoms with van der Waals surface area (Å²) in [5, 5.41) is 4.12. The van der Waals surface area contributed by atoms with Crippen molar-refractivity contribution in [2.75, 3.05) is 0 Å². The van der Waals surface area contributed by atoms with E-state index in [1.807, 2.05) is 38.1 Å². The molecule has 0 amide bonds. The Morgan fingerprint density at radius 3 is 2.59 bits per heavy atom. The van der Waals surface area contributed by atoms with Crippen LogP contribution in [-0.2, 0) is 13.1 Å². The highest BCUT2D eigenvalue weighted by Crippen LogP contribution is 2.03. The largest absolute Gasteiger partial charge is 0.346 e. The lowest BCUT2D eigenvalue weighted by Crippen LogP contribution is -2.25. The Balaban J connectivity index is 2.19. The minimum Gasteiger partial charge on any atom is -0.282 e. The van der Waals surface area contributed by atoms with Crippen molar-refractivity contribution in [2.45, 2.75) is 33.4 Å². The van der Waals surface area contributed by atoms with Gasteiger partial charge >= 0.3 is 5.69 Å². The van der Waals surface area contributed by atoms with E-state index in [1.165, 1.54) is 10.2 Å². The fraction of sp³-hybridized carbons (Fsp3) is 0.385. The highest BCUT2D eigenvalue weighted by Gasteiger charge is 2.04. The van der Waals surface area contributed by atoms with Gasteiger partial charge in [-0.25, -0.2) is 9.48 Å². The minimum atomic E-state index is -0.0348. The fourth-order valence-electron chi connectivity index (χ4n) is 1.74. The summed E-state index contributed by atoms with van der Waals surface area (Å²) >= 11 is 0. The Kier molecular flexibility index (Phi) is 3.42. The van der Waals surface area contributed by atoms with Gasteiger partial charge in [0.05, 0.1) is 6.54 Å². The molecule has 0 radical (unpaired) electrons. The fourth-order valence-corrected chi connectivity index (χ4v) is 1.74. The van der Waals surface area contributed by atoms with Crippen molar-refractivity contribution >= 4 is 0 Å². The van der Waals surface area contributed by atoms with Gasteiger partial charge in [0.2, 0.25) is 0 Å². The molecule has 0 fully saturated rings. The first-order valence-corrected chi connectivity index (χ1v) is 5.88. The molecule has 4 heteroatoms. The monoisotopic (exact) mass is 231 g/mol. The van der Waals surface area contributed by atoms with Gasteiger partial charge in [0.1, 0.15) is 6.33 Å². The molecule has 0 N–H and O–H groups in total. The molecule has 4 nitrogen and oxygen atoms in total. The molecule has 0 aliphatic rings. The number of benzene rings is 1. The number of nitrogens with zero attached hydrogens (tertiary/aromatic N) is 3. The van der Waals surface area contributed by atoms with E-state index in [1.54, 1.807) is 10.9 Å². The maximum absolute atomic E-state index is 11.9. The predicted octanol–water partition coefficient (Wildman–Crippen LogP) is 1.81. The van der Waals surface area contributed by atoms with Gasteiger partial charge in [0.15, 0.2) is 0 Å². The van der Waals surface area contributed by atoms with Crippen molar-refractivity contribution in [2.24, 2.45) is 0 Å². The van der Waals surface area contributed by atoms with Gasteiger partial charge in [-0.1, -0.05) is 36.8 Å². The molecule has 0 aliphatic heterocycles. The van der Waals surface area contributed by atoms with Crippen LogP contribution in [0.2, 0.25) is 0 Å². The van der Waals surface area contributed by atoms with Gasteiger partial charge < -0.3 is 0 Å². The van der Waals surface area contributed by atoms with Gasteiger partial charge in [0, 0.05) is 6.54 Å². The zero-order valence-electron chi connectivity index (χ0n) is 10.3. The molecule has 2 aromatic rings. The van der Waals surface area contributed by atoms with Crippen LogP contribution in [0.5, 0.6) is 0 Å². The zero-order valence-corrected chi connectivity index (χ0v) is 10.3. The third kappa shape index (κ3) is 2.64. The lowest BCUT2D eigenvalue weighted by atomic mass is 10.1. The first-order valence-electron chi connectivity index (χ1n) is 5.88. The van der Waals surface area contributed by atoms with Crippen LogP contribution < -0.4 is 5.69 Å². The van der Waals surface area contributed by atoms with Crippen LogP contribution in [0.15, 0.2) is 35.4 Å². The van der Waals surface area contributed by atoms with Crippen molar-refractivity contribution in [3.8, 4) is 0 Å². The molecular weight excluding hydrogens is 214 g/mol. The number of aromatic nitrogens is 3. The smallest absolute Gasteiger partial charge is 0.282 e. The number of hydrogen-bond donors (Lipinski definition) is 0. The van der Waals surface area contributed by atoms with Crippen LogP contribution in [0.3, 0.4) is 0 Å². The van der Waals surface area contributed by atoms with E-state index in [0.29, 0.717) is 6.54 Å². The van der Waals surface area contributed by atoms with E-state index >= 15 is 0 Å². The van der Waals surface area contributed by atoms with Crippen LogP contribution in [0.25, 0.3) is 0 Å². The van der Waals surface area contributed by atoms with Gasteiger partial charge in [-0.2, -0.15) is 5.10 Å². The third-order valence-electron chi connectivity index (χ3n) is 2.71. The van der Waals surface area contributed by atoms with Crippen molar-refractivity contribution in [1.29, 1.82) is 0 Å².